The van der Waals surface area contributed by atoms with Crippen LogP contribution in [0.4, 0.5) is 0 Å². The van der Waals surface area contributed by atoms with Gasteiger partial charge in [-0.15, -0.1) is 0 Å². The average Bonchev–Trinajstić information content (AvgIpc) is 3.03. The summed E-state index contributed by atoms with van der Waals surface area (Å²) in [5.74, 6) is -0.292. The van der Waals surface area contributed by atoms with Crippen molar-refractivity contribution in [1.29, 1.82) is 0 Å². The summed E-state index contributed by atoms with van der Waals surface area (Å²) in [5, 5.41) is 0. The van der Waals surface area contributed by atoms with Crippen molar-refractivity contribution in [2.24, 2.45) is 0 Å². The molecule has 3 nitrogen and oxygen atoms in total. The van der Waals surface area contributed by atoms with Crippen molar-refractivity contribution in [2.75, 3.05) is 13.1 Å². The molecule has 3 rings (SSSR count). The second-order valence-electron chi connectivity index (χ2n) is 5.53. The Morgan fingerprint density at radius 2 is 1.76 bits per heavy atom. The average molecular weight is 281 g/mol. The number of ketones is 2. The first-order valence-corrected chi connectivity index (χ1v) is 7.56. The summed E-state index contributed by atoms with van der Waals surface area (Å²) in [6.45, 7) is 4.27. The number of fused-ring (bicyclic) bond motifs is 1. The Hall–Kier alpha value is -2.16. The third-order valence-electron chi connectivity index (χ3n) is 4.11. The number of benzene rings is 1. The van der Waals surface area contributed by atoms with Gasteiger partial charge in [-0.3, -0.25) is 9.59 Å². The fourth-order valence-electron chi connectivity index (χ4n) is 3.07. The highest BCUT2D eigenvalue weighted by atomic mass is 16.2. The van der Waals surface area contributed by atoms with E-state index >= 15 is 0 Å². The predicted octanol–water partition coefficient (Wildman–Crippen LogP) is 3.38. The zero-order chi connectivity index (χ0) is 14.8. The van der Waals surface area contributed by atoms with Crippen molar-refractivity contribution < 1.29 is 9.59 Å². The second kappa shape index (κ2) is 5.68. The summed E-state index contributed by atoms with van der Waals surface area (Å²) in [5.41, 5.74) is 2.60. The van der Waals surface area contributed by atoms with E-state index in [2.05, 4.69) is 11.8 Å². The van der Waals surface area contributed by atoms with E-state index in [4.69, 9.17) is 0 Å². The van der Waals surface area contributed by atoms with Crippen LogP contribution in [0, 0.1) is 0 Å². The van der Waals surface area contributed by atoms with Crippen LogP contribution in [0.5, 0.6) is 0 Å². The molecule has 1 aromatic carbocycles. The fourth-order valence-corrected chi connectivity index (χ4v) is 3.07. The van der Waals surface area contributed by atoms with Gasteiger partial charge >= 0.3 is 0 Å². The first kappa shape index (κ1) is 13.8. The Labute approximate surface area is 125 Å². The number of rotatable bonds is 3. The second-order valence-corrected chi connectivity index (χ2v) is 5.53. The van der Waals surface area contributed by atoms with Crippen LogP contribution < -0.4 is 0 Å². The van der Waals surface area contributed by atoms with Crippen LogP contribution in [0.1, 0.15) is 46.9 Å². The van der Waals surface area contributed by atoms with Crippen molar-refractivity contribution in [3.8, 4) is 0 Å². The molecule has 1 aliphatic heterocycles. The predicted molar refractivity (Wildman–Crippen MR) is 82.4 cm³/mol. The summed E-state index contributed by atoms with van der Waals surface area (Å²) in [4.78, 5) is 26.9. The minimum absolute atomic E-state index is 0.146. The normalized spacial score (nSPS) is 19.6. The highest BCUT2D eigenvalue weighted by Gasteiger charge is 2.32. The lowest BCUT2D eigenvalue weighted by Gasteiger charge is -2.18. The van der Waals surface area contributed by atoms with Gasteiger partial charge in [-0.05, 0) is 31.4 Å². The van der Waals surface area contributed by atoms with Crippen molar-refractivity contribution in [3.63, 3.8) is 0 Å². The van der Waals surface area contributed by atoms with Crippen molar-refractivity contribution in [1.82, 2.24) is 4.90 Å². The molecule has 0 amide bonds. The fraction of sp³-hybridized carbons (Fsp3) is 0.333. The number of nitrogens with zero attached hydrogens (tertiary/aromatic N) is 1. The molecule has 0 saturated carbocycles. The molecule has 1 heterocycles. The Bertz CT molecular complexity index is 618. The standard InChI is InChI=1S/C18H19NO2/c1-2-11-19-12-5-6-13(19)9-10-16-17(20)14-7-3-4-8-15(14)18(16)21/h3-4,7-10H,2,5-6,11-12H2,1H3/b13-9+. The maximum absolute atomic E-state index is 12.3. The van der Waals surface area contributed by atoms with E-state index in [9.17, 15) is 9.59 Å². The van der Waals surface area contributed by atoms with E-state index in [-0.39, 0.29) is 11.6 Å². The van der Waals surface area contributed by atoms with Crippen LogP contribution in [-0.2, 0) is 0 Å². The van der Waals surface area contributed by atoms with E-state index in [1.807, 2.05) is 6.08 Å². The zero-order valence-corrected chi connectivity index (χ0v) is 12.3. The van der Waals surface area contributed by atoms with E-state index in [0.29, 0.717) is 16.7 Å². The highest BCUT2D eigenvalue weighted by Crippen LogP contribution is 2.27. The van der Waals surface area contributed by atoms with E-state index in [1.54, 1.807) is 30.3 Å². The SMILES string of the molecule is CCCN1CCC/C1=C\C=C1C(=O)c2ccccc2C1=O. The number of carbonyl (C=O) groups excluding carboxylic acids is 2. The minimum Gasteiger partial charge on any atom is -0.375 e. The lowest BCUT2D eigenvalue weighted by Crippen LogP contribution is -2.18. The third-order valence-corrected chi connectivity index (χ3v) is 4.11. The summed E-state index contributed by atoms with van der Waals surface area (Å²) in [7, 11) is 0. The molecule has 2 aliphatic rings. The monoisotopic (exact) mass is 281 g/mol. The summed E-state index contributed by atoms with van der Waals surface area (Å²) < 4.78 is 0. The van der Waals surface area contributed by atoms with Crippen molar-refractivity contribution in [2.45, 2.75) is 26.2 Å². The molecule has 0 aromatic heterocycles. The molecule has 0 radical (unpaired) electrons. The van der Waals surface area contributed by atoms with E-state index in [0.717, 1.165) is 32.4 Å². The molecular formula is C18H19NO2. The lowest BCUT2D eigenvalue weighted by atomic mass is 10.1. The molecular weight excluding hydrogens is 262 g/mol. The number of Topliss-reactive ketones (excluding diaryl/α,β-unsaturated/α-hetero) is 2. The van der Waals surface area contributed by atoms with Gasteiger partial charge in [0.1, 0.15) is 0 Å². The van der Waals surface area contributed by atoms with Gasteiger partial charge in [-0.25, -0.2) is 0 Å². The summed E-state index contributed by atoms with van der Waals surface area (Å²) >= 11 is 0. The highest BCUT2D eigenvalue weighted by molar-refractivity contribution is 6.39. The quantitative estimate of drug-likeness (QED) is 0.629. The number of carbonyl (C=O) groups is 2. The third kappa shape index (κ3) is 2.44. The number of hydrogen-bond donors (Lipinski definition) is 0. The molecule has 0 unspecified atom stereocenters. The maximum Gasteiger partial charge on any atom is 0.197 e. The minimum atomic E-state index is -0.146. The topological polar surface area (TPSA) is 37.4 Å². The molecule has 1 fully saturated rings. The molecule has 1 saturated heterocycles. The molecule has 108 valence electrons. The van der Waals surface area contributed by atoms with Crippen LogP contribution in [0.15, 0.2) is 47.7 Å². The molecule has 3 heteroatoms. The first-order valence-electron chi connectivity index (χ1n) is 7.56. The van der Waals surface area contributed by atoms with Gasteiger partial charge in [-0.1, -0.05) is 31.2 Å². The van der Waals surface area contributed by atoms with Crippen LogP contribution in [0.2, 0.25) is 0 Å². The number of allylic oxidation sites excluding steroid dienone is 4. The van der Waals surface area contributed by atoms with Crippen molar-refractivity contribution in [3.05, 3.63) is 58.8 Å². The number of likely N-dealkylation sites (tertiary alicyclic amines) is 1. The lowest BCUT2D eigenvalue weighted by molar-refractivity contribution is 0.0989. The van der Waals surface area contributed by atoms with Gasteiger partial charge in [0.2, 0.25) is 0 Å². The first-order chi connectivity index (χ1) is 10.2. The van der Waals surface area contributed by atoms with E-state index in [1.165, 1.54) is 5.70 Å². The van der Waals surface area contributed by atoms with Gasteiger partial charge in [0.25, 0.3) is 0 Å². The summed E-state index contributed by atoms with van der Waals surface area (Å²) in [6, 6.07) is 7.04. The van der Waals surface area contributed by atoms with Gasteiger partial charge < -0.3 is 4.90 Å². The van der Waals surface area contributed by atoms with Crippen molar-refractivity contribution >= 4 is 11.6 Å². The van der Waals surface area contributed by atoms with Gasteiger partial charge in [0.05, 0.1) is 5.57 Å². The molecule has 1 aliphatic carbocycles. The molecule has 0 spiro atoms. The van der Waals surface area contributed by atoms with Crippen LogP contribution in [0.3, 0.4) is 0 Å². The van der Waals surface area contributed by atoms with Gasteiger partial charge in [-0.2, -0.15) is 0 Å². The van der Waals surface area contributed by atoms with E-state index < -0.39 is 0 Å². The smallest absolute Gasteiger partial charge is 0.197 e. The Kier molecular flexibility index (Phi) is 3.74. The van der Waals surface area contributed by atoms with Crippen LogP contribution in [0.25, 0.3) is 0 Å². The Balaban J connectivity index is 1.88. The molecule has 0 bridgehead atoms. The zero-order valence-electron chi connectivity index (χ0n) is 12.3. The van der Waals surface area contributed by atoms with Gasteiger partial charge in [0, 0.05) is 29.9 Å². The Morgan fingerprint density at radius 1 is 1.10 bits per heavy atom. The molecule has 0 atom stereocenters. The largest absolute Gasteiger partial charge is 0.375 e. The molecule has 1 aromatic rings. The molecule has 21 heavy (non-hydrogen) atoms. The van der Waals surface area contributed by atoms with Gasteiger partial charge in [0.15, 0.2) is 11.6 Å². The Morgan fingerprint density at radius 3 is 2.38 bits per heavy atom. The molecule has 0 N–H and O–H groups in total. The number of hydrogen-bond acceptors (Lipinski definition) is 3. The van der Waals surface area contributed by atoms with Crippen LogP contribution >= 0.6 is 0 Å². The maximum atomic E-state index is 12.3. The summed E-state index contributed by atoms with van der Waals surface area (Å²) in [6.07, 6.45) is 6.96. The van der Waals surface area contributed by atoms with Crippen LogP contribution in [-0.4, -0.2) is 29.6 Å².